The smallest absolute Gasteiger partial charge is 0.206 e. The maximum atomic E-state index is 6.51. The Morgan fingerprint density at radius 3 is 2.17 bits per heavy atom. The minimum Gasteiger partial charge on any atom is -0.206 e. The quantitative estimate of drug-likeness (QED) is 0.215. The van der Waals surface area contributed by atoms with E-state index in [0.717, 1.165) is 38.6 Å². The highest BCUT2D eigenvalue weighted by Crippen LogP contribution is 2.39. The van der Waals surface area contributed by atoms with Crippen molar-refractivity contribution in [3.8, 4) is 22.5 Å². The van der Waals surface area contributed by atoms with Crippen molar-refractivity contribution in [1.29, 1.82) is 0 Å². The highest BCUT2D eigenvalue weighted by atomic mass is 35.5. The minimum absolute atomic E-state index is 0.710. The van der Waals surface area contributed by atoms with E-state index in [-0.39, 0.29) is 0 Å². The number of hydrogen-bond acceptors (Lipinski definition) is 0. The van der Waals surface area contributed by atoms with Crippen molar-refractivity contribution in [2.75, 3.05) is 0 Å². The average molecular weight is 396 g/mol. The lowest BCUT2D eigenvalue weighted by atomic mass is 9.95. The summed E-state index contributed by atoms with van der Waals surface area (Å²) in [5.41, 5.74) is 6.69. The molecule has 29 heavy (non-hydrogen) atoms. The Balaban J connectivity index is 1.93. The molecule has 0 aliphatic rings. The first kappa shape index (κ1) is 17.9. The van der Waals surface area contributed by atoms with Crippen molar-refractivity contribution in [3.05, 3.63) is 101 Å². The van der Waals surface area contributed by atoms with Gasteiger partial charge in [-0.15, -0.1) is 0 Å². The number of fused-ring (bicyclic) bond motifs is 3. The zero-order valence-electron chi connectivity index (χ0n) is 16.4. The van der Waals surface area contributed by atoms with E-state index in [0.29, 0.717) is 5.02 Å². The van der Waals surface area contributed by atoms with E-state index in [1.165, 1.54) is 16.7 Å². The van der Waals surface area contributed by atoms with Gasteiger partial charge < -0.3 is 0 Å². The topological polar surface area (TPSA) is 11.3 Å². The molecule has 0 unspecified atom stereocenters. The van der Waals surface area contributed by atoms with Gasteiger partial charge in [0.05, 0.1) is 22.4 Å². The summed E-state index contributed by atoms with van der Waals surface area (Å²) in [4.78, 5) is 0. The Bertz CT molecular complexity index is 1350. The molecule has 0 radical (unpaired) electrons. The van der Waals surface area contributed by atoms with Crippen LogP contribution in [0.5, 0.6) is 0 Å². The van der Waals surface area contributed by atoms with Gasteiger partial charge in [-0.05, 0) is 60.7 Å². The van der Waals surface area contributed by atoms with Gasteiger partial charge in [0.15, 0.2) is 0 Å². The van der Waals surface area contributed by atoms with Gasteiger partial charge in [0.25, 0.3) is 0 Å². The first-order valence-corrected chi connectivity index (χ1v) is 10.1. The van der Waals surface area contributed by atoms with E-state index in [4.69, 9.17) is 16.0 Å². The summed E-state index contributed by atoms with van der Waals surface area (Å²) >= 11 is 6.36. The van der Waals surface area contributed by atoms with E-state index in [1.807, 2.05) is 18.2 Å². The molecule has 0 saturated heterocycles. The SMILES string of the molecule is Cc1ccc(-c2cc(-c3ccccc3)c3cc(C)c4ccc(Cl)cc4c3[o+]2)cc1. The van der Waals surface area contributed by atoms with Crippen molar-refractivity contribution < 1.29 is 4.42 Å². The van der Waals surface area contributed by atoms with Crippen LogP contribution in [0.3, 0.4) is 0 Å². The van der Waals surface area contributed by atoms with Gasteiger partial charge in [-0.2, -0.15) is 0 Å². The molecule has 0 amide bonds. The Morgan fingerprint density at radius 1 is 0.655 bits per heavy atom. The van der Waals surface area contributed by atoms with Crippen LogP contribution in [-0.2, 0) is 0 Å². The normalized spacial score (nSPS) is 11.3. The van der Waals surface area contributed by atoms with Crippen LogP contribution < -0.4 is 0 Å². The molecule has 0 spiro atoms. The lowest BCUT2D eigenvalue weighted by Crippen LogP contribution is -1.89. The van der Waals surface area contributed by atoms with E-state index < -0.39 is 0 Å². The van der Waals surface area contributed by atoms with Crippen LogP contribution in [0, 0.1) is 13.8 Å². The zero-order chi connectivity index (χ0) is 20.0. The number of benzene rings is 4. The summed E-state index contributed by atoms with van der Waals surface area (Å²) in [6, 6.07) is 29.3. The standard InChI is InChI=1S/C27H20ClO/c1-17-8-10-20(11-9-17)26-16-23(19-6-4-3-5-7-19)24-14-18(2)22-13-12-21(28)15-25(22)27(24)29-26/h3-16H,1-2H3/q+1. The van der Waals surface area contributed by atoms with E-state index in [1.54, 1.807) is 0 Å². The van der Waals surface area contributed by atoms with Crippen molar-refractivity contribution in [2.45, 2.75) is 13.8 Å². The first-order chi connectivity index (χ1) is 14.1. The van der Waals surface area contributed by atoms with Gasteiger partial charge in [-0.3, -0.25) is 0 Å². The van der Waals surface area contributed by atoms with Crippen LogP contribution in [0.1, 0.15) is 11.1 Å². The van der Waals surface area contributed by atoms with E-state index in [9.17, 15) is 0 Å². The van der Waals surface area contributed by atoms with Crippen LogP contribution in [0.15, 0.2) is 89.3 Å². The van der Waals surface area contributed by atoms with Crippen molar-refractivity contribution in [1.82, 2.24) is 0 Å². The molecule has 4 aromatic carbocycles. The van der Waals surface area contributed by atoms with Gasteiger partial charge in [0, 0.05) is 10.6 Å². The molecule has 0 saturated carbocycles. The zero-order valence-corrected chi connectivity index (χ0v) is 17.1. The largest absolute Gasteiger partial charge is 0.369 e. The fraction of sp³-hybridized carbons (Fsp3) is 0.0741. The number of rotatable bonds is 2. The summed E-state index contributed by atoms with van der Waals surface area (Å²) in [7, 11) is 0. The number of halogens is 1. The summed E-state index contributed by atoms with van der Waals surface area (Å²) in [6.45, 7) is 4.23. The van der Waals surface area contributed by atoms with Gasteiger partial charge in [0.2, 0.25) is 0 Å². The van der Waals surface area contributed by atoms with E-state index in [2.05, 4.69) is 80.6 Å². The lowest BCUT2D eigenvalue weighted by Gasteiger charge is -2.08. The summed E-state index contributed by atoms with van der Waals surface area (Å²) in [5.74, 6) is 0.849. The highest BCUT2D eigenvalue weighted by Gasteiger charge is 2.23. The molecule has 5 rings (SSSR count). The molecule has 0 fully saturated rings. The van der Waals surface area contributed by atoms with Gasteiger partial charge in [-0.25, -0.2) is 4.42 Å². The van der Waals surface area contributed by atoms with Crippen molar-refractivity contribution in [2.24, 2.45) is 0 Å². The molecule has 1 nitrogen and oxygen atoms in total. The Hall–Kier alpha value is -3.16. The average Bonchev–Trinajstić information content (AvgIpc) is 2.74. The van der Waals surface area contributed by atoms with Crippen LogP contribution in [0.25, 0.3) is 44.2 Å². The van der Waals surface area contributed by atoms with Crippen molar-refractivity contribution in [3.63, 3.8) is 0 Å². The molecule has 1 heterocycles. The summed E-state index contributed by atoms with van der Waals surface area (Å²) in [6.07, 6.45) is 0. The van der Waals surface area contributed by atoms with Crippen LogP contribution in [0.4, 0.5) is 0 Å². The summed E-state index contributed by atoms with van der Waals surface area (Å²) in [5, 5.41) is 4.00. The molecule has 0 bridgehead atoms. The minimum atomic E-state index is 0.710. The molecular weight excluding hydrogens is 376 g/mol. The predicted octanol–water partition coefficient (Wildman–Crippen LogP) is 8.47. The molecule has 2 heteroatoms. The van der Waals surface area contributed by atoms with Gasteiger partial charge in [-0.1, -0.05) is 65.7 Å². The highest BCUT2D eigenvalue weighted by molar-refractivity contribution is 6.31. The third-order valence-electron chi connectivity index (χ3n) is 5.46. The Kier molecular flexibility index (Phi) is 4.34. The molecule has 1 aromatic heterocycles. The van der Waals surface area contributed by atoms with Gasteiger partial charge in [0.1, 0.15) is 0 Å². The van der Waals surface area contributed by atoms with Crippen molar-refractivity contribution >= 4 is 33.3 Å². The fourth-order valence-electron chi connectivity index (χ4n) is 3.93. The predicted molar refractivity (Wildman–Crippen MR) is 123 cm³/mol. The molecule has 140 valence electrons. The maximum Gasteiger partial charge on any atom is 0.369 e. The van der Waals surface area contributed by atoms with Crippen LogP contribution in [-0.4, -0.2) is 0 Å². The van der Waals surface area contributed by atoms with E-state index >= 15 is 0 Å². The second kappa shape index (κ2) is 7.02. The fourth-order valence-corrected chi connectivity index (χ4v) is 4.10. The molecule has 0 atom stereocenters. The maximum absolute atomic E-state index is 6.51. The Labute approximate surface area is 175 Å². The van der Waals surface area contributed by atoms with Gasteiger partial charge >= 0.3 is 11.3 Å². The Morgan fingerprint density at radius 2 is 1.41 bits per heavy atom. The lowest BCUT2D eigenvalue weighted by molar-refractivity contribution is 0.624. The first-order valence-electron chi connectivity index (χ1n) is 9.72. The molecule has 0 N–H and O–H groups in total. The molecule has 0 aliphatic heterocycles. The molecule has 5 aromatic rings. The third kappa shape index (κ3) is 3.18. The second-order valence-corrected chi connectivity index (χ2v) is 7.95. The third-order valence-corrected chi connectivity index (χ3v) is 5.69. The number of aryl methyl sites for hydroxylation is 2. The number of hydrogen-bond donors (Lipinski definition) is 0. The van der Waals surface area contributed by atoms with Crippen LogP contribution in [0.2, 0.25) is 5.02 Å². The summed E-state index contributed by atoms with van der Waals surface area (Å²) < 4.78 is 6.51. The van der Waals surface area contributed by atoms with Crippen LogP contribution >= 0.6 is 11.6 Å². The second-order valence-electron chi connectivity index (χ2n) is 7.52. The monoisotopic (exact) mass is 395 g/mol. The molecular formula is C27H20ClO+. The molecule has 0 aliphatic carbocycles.